The number of amides is 1. The predicted molar refractivity (Wildman–Crippen MR) is 86.1 cm³/mol. The van der Waals surface area contributed by atoms with Crippen molar-refractivity contribution in [3.05, 3.63) is 71.8 Å². The predicted octanol–water partition coefficient (Wildman–Crippen LogP) is 2.90. The van der Waals surface area contributed by atoms with Crippen LogP contribution in [0.2, 0.25) is 0 Å². The van der Waals surface area contributed by atoms with Crippen molar-refractivity contribution in [2.75, 3.05) is 12.3 Å². The molecule has 0 aliphatic heterocycles. The normalized spacial score (nSPS) is 12.3. The zero-order valence-corrected chi connectivity index (χ0v) is 13.0. The lowest BCUT2D eigenvalue weighted by molar-refractivity contribution is -0.116. The molecule has 0 unspecified atom stereocenters. The van der Waals surface area contributed by atoms with Gasteiger partial charge in [-0.2, -0.15) is 0 Å². The van der Waals surface area contributed by atoms with E-state index in [-0.39, 0.29) is 17.9 Å². The number of carbonyl (C=O) groups excluding carboxylic acids is 1. The zero-order chi connectivity index (χ0) is 16.7. The summed E-state index contributed by atoms with van der Waals surface area (Å²) in [5.41, 5.74) is -0.268. The highest BCUT2D eigenvalue weighted by Gasteiger charge is 2.06. The summed E-state index contributed by atoms with van der Waals surface area (Å²) in [7, 11) is -1.21. The van der Waals surface area contributed by atoms with Gasteiger partial charge in [0.1, 0.15) is 11.6 Å². The molecule has 1 atom stereocenters. The molecule has 0 heterocycles. The van der Waals surface area contributed by atoms with Crippen molar-refractivity contribution >= 4 is 22.8 Å². The van der Waals surface area contributed by atoms with Crippen LogP contribution in [0.15, 0.2) is 59.5 Å². The fraction of sp³-hybridized carbons (Fsp3) is 0.118. The van der Waals surface area contributed by atoms with E-state index in [4.69, 9.17) is 0 Å². The minimum Gasteiger partial charge on any atom is -0.352 e. The second kappa shape index (κ2) is 8.33. The van der Waals surface area contributed by atoms with Gasteiger partial charge >= 0.3 is 0 Å². The lowest BCUT2D eigenvalue weighted by atomic mass is 10.2. The summed E-state index contributed by atoms with van der Waals surface area (Å²) < 4.78 is 38.7. The lowest BCUT2D eigenvalue weighted by Crippen LogP contribution is -2.25. The van der Waals surface area contributed by atoms with Gasteiger partial charge in [0.25, 0.3) is 0 Å². The van der Waals surface area contributed by atoms with Crippen LogP contribution in [0.5, 0.6) is 0 Å². The minimum atomic E-state index is -1.21. The molecular weight excluding hydrogens is 320 g/mol. The first-order valence-corrected chi connectivity index (χ1v) is 8.23. The number of carbonyl (C=O) groups is 1. The van der Waals surface area contributed by atoms with E-state index in [2.05, 4.69) is 5.32 Å². The average molecular weight is 335 g/mol. The Labute approximate surface area is 135 Å². The molecule has 23 heavy (non-hydrogen) atoms. The molecule has 0 radical (unpaired) electrons. The van der Waals surface area contributed by atoms with E-state index in [0.717, 1.165) is 24.3 Å². The quantitative estimate of drug-likeness (QED) is 0.825. The molecule has 0 bridgehead atoms. The van der Waals surface area contributed by atoms with Crippen LogP contribution in [0.3, 0.4) is 0 Å². The number of benzene rings is 2. The van der Waals surface area contributed by atoms with Crippen LogP contribution in [0.25, 0.3) is 6.08 Å². The van der Waals surface area contributed by atoms with Crippen LogP contribution in [0.1, 0.15) is 5.56 Å². The Morgan fingerprint density at radius 1 is 1.04 bits per heavy atom. The highest BCUT2D eigenvalue weighted by molar-refractivity contribution is 7.85. The lowest BCUT2D eigenvalue weighted by Gasteiger charge is -2.03. The Kier molecular flexibility index (Phi) is 6.17. The van der Waals surface area contributed by atoms with Crippen molar-refractivity contribution in [1.82, 2.24) is 5.32 Å². The summed E-state index contributed by atoms with van der Waals surface area (Å²) in [4.78, 5) is 12.3. The summed E-state index contributed by atoms with van der Waals surface area (Å²) in [6.45, 7) is 0.199. The van der Waals surface area contributed by atoms with E-state index < -0.39 is 28.3 Å². The van der Waals surface area contributed by atoms with E-state index in [0.29, 0.717) is 4.90 Å². The Balaban J connectivity index is 1.84. The highest BCUT2D eigenvalue weighted by Crippen LogP contribution is 2.13. The van der Waals surface area contributed by atoms with Crippen LogP contribution in [-0.2, 0) is 15.6 Å². The molecule has 2 aromatic carbocycles. The Morgan fingerprint density at radius 2 is 1.70 bits per heavy atom. The SMILES string of the molecule is O=C(/C=C/c1c(F)cccc1F)NCC[S@@](=O)c1ccccc1. The van der Waals surface area contributed by atoms with Gasteiger partial charge in [-0.15, -0.1) is 0 Å². The summed E-state index contributed by atoms with van der Waals surface area (Å²) in [6.07, 6.45) is 2.13. The van der Waals surface area contributed by atoms with Crippen LogP contribution in [0, 0.1) is 11.6 Å². The second-order valence-electron chi connectivity index (χ2n) is 4.62. The van der Waals surface area contributed by atoms with E-state index in [1.54, 1.807) is 24.3 Å². The molecule has 0 aromatic heterocycles. The van der Waals surface area contributed by atoms with Gasteiger partial charge in [0.05, 0.1) is 10.8 Å². The largest absolute Gasteiger partial charge is 0.352 e. The molecule has 3 nitrogen and oxygen atoms in total. The number of rotatable bonds is 6. The van der Waals surface area contributed by atoms with E-state index in [1.165, 1.54) is 6.07 Å². The Hall–Kier alpha value is -2.34. The second-order valence-corrected chi connectivity index (χ2v) is 6.19. The summed E-state index contributed by atoms with van der Waals surface area (Å²) in [6, 6.07) is 12.4. The molecule has 0 saturated heterocycles. The molecule has 0 aliphatic rings. The van der Waals surface area contributed by atoms with Crippen molar-refractivity contribution < 1.29 is 17.8 Å². The third kappa shape index (κ3) is 5.10. The molecule has 0 saturated carbocycles. The Bertz CT molecular complexity index is 712. The van der Waals surface area contributed by atoms with Gasteiger partial charge in [0, 0.05) is 28.8 Å². The Morgan fingerprint density at radius 3 is 2.35 bits per heavy atom. The van der Waals surface area contributed by atoms with Crippen LogP contribution in [0.4, 0.5) is 8.78 Å². The molecule has 0 aliphatic carbocycles. The number of hydrogen-bond donors (Lipinski definition) is 1. The van der Waals surface area contributed by atoms with Gasteiger partial charge in [-0.3, -0.25) is 9.00 Å². The van der Waals surface area contributed by atoms with Gasteiger partial charge in [-0.05, 0) is 30.3 Å². The smallest absolute Gasteiger partial charge is 0.244 e. The molecule has 1 N–H and O–H groups in total. The maximum atomic E-state index is 13.4. The van der Waals surface area contributed by atoms with Crippen LogP contribution in [-0.4, -0.2) is 22.4 Å². The monoisotopic (exact) mass is 335 g/mol. The molecular formula is C17H15F2NO2S. The van der Waals surface area contributed by atoms with Gasteiger partial charge in [0.2, 0.25) is 5.91 Å². The van der Waals surface area contributed by atoms with Gasteiger partial charge < -0.3 is 5.32 Å². The van der Waals surface area contributed by atoms with Crippen molar-refractivity contribution in [2.24, 2.45) is 0 Å². The zero-order valence-electron chi connectivity index (χ0n) is 12.2. The van der Waals surface area contributed by atoms with Gasteiger partial charge in [-0.25, -0.2) is 8.78 Å². The fourth-order valence-electron chi connectivity index (χ4n) is 1.84. The minimum absolute atomic E-state index is 0.199. The molecule has 1 amide bonds. The van der Waals surface area contributed by atoms with E-state index in [1.807, 2.05) is 6.07 Å². The first-order chi connectivity index (χ1) is 11.1. The third-order valence-corrected chi connectivity index (χ3v) is 4.37. The van der Waals surface area contributed by atoms with Gasteiger partial charge in [-0.1, -0.05) is 24.3 Å². The summed E-state index contributed by atoms with van der Waals surface area (Å²) in [5, 5.41) is 2.53. The van der Waals surface area contributed by atoms with Crippen molar-refractivity contribution in [2.45, 2.75) is 4.90 Å². The number of halogens is 2. The molecule has 2 rings (SSSR count). The maximum Gasteiger partial charge on any atom is 0.244 e. The van der Waals surface area contributed by atoms with Crippen molar-refractivity contribution in [3.8, 4) is 0 Å². The summed E-state index contributed by atoms with van der Waals surface area (Å²) in [5.74, 6) is -1.71. The van der Waals surface area contributed by atoms with Crippen LogP contribution < -0.4 is 5.32 Å². The first kappa shape index (κ1) is 17.0. The maximum absolute atomic E-state index is 13.4. The fourth-order valence-corrected chi connectivity index (χ4v) is 2.83. The van der Waals surface area contributed by atoms with E-state index in [9.17, 15) is 17.8 Å². The first-order valence-electron chi connectivity index (χ1n) is 6.91. The molecule has 120 valence electrons. The molecule has 0 fully saturated rings. The van der Waals surface area contributed by atoms with Gasteiger partial charge in [0.15, 0.2) is 0 Å². The van der Waals surface area contributed by atoms with Crippen molar-refractivity contribution in [3.63, 3.8) is 0 Å². The van der Waals surface area contributed by atoms with Crippen molar-refractivity contribution in [1.29, 1.82) is 0 Å². The number of nitrogens with one attached hydrogen (secondary N) is 1. The third-order valence-electron chi connectivity index (χ3n) is 2.99. The topological polar surface area (TPSA) is 46.2 Å². The number of hydrogen-bond acceptors (Lipinski definition) is 2. The highest BCUT2D eigenvalue weighted by atomic mass is 32.2. The molecule has 6 heteroatoms. The van der Waals surface area contributed by atoms with Crippen LogP contribution >= 0.6 is 0 Å². The molecule has 0 spiro atoms. The average Bonchev–Trinajstić information content (AvgIpc) is 2.55. The van der Waals surface area contributed by atoms with E-state index >= 15 is 0 Å². The standard InChI is InChI=1S/C17H15F2NO2S/c18-15-7-4-8-16(19)14(15)9-10-17(21)20-11-12-23(22)13-5-2-1-3-6-13/h1-10H,11-12H2,(H,20,21)/b10-9+/t23-/m1/s1. The molecule has 2 aromatic rings. The summed E-state index contributed by atoms with van der Waals surface area (Å²) >= 11 is 0.